The Balaban J connectivity index is 1.85. The molecule has 0 spiro atoms. The van der Waals surface area contributed by atoms with Crippen LogP contribution in [0.5, 0.6) is 0 Å². The Morgan fingerprint density at radius 3 is 2.45 bits per heavy atom. The lowest BCUT2D eigenvalue weighted by molar-refractivity contribution is -0.116. The van der Waals surface area contributed by atoms with Crippen LogP contribution in [0.3, 0.4) is 0 Å². The van der Waals surface area contributed by atoms with Crippen LogP contribution < -0.4 is 11.1 Å². The zero-order valence-electron chi connectivity index (χ0n) is 11.1. The fraction of sp³-hybridized carbons (Fsp3) is 0.188. The van der Waals surface area contributed by atoms with Crippen molar-refractivity contribution < 1.29 is 4.79 Å². The van der Waals surface area contributed by atoms with Crippen molar-refractivity contribution >= 4 is 27.5 Å². The van der Waals surface area contributed by atoms with Crippen molar-refractivity contribution in [1.82, 2.24) is 0 Å². The van der Waals surface area contributed by atoms with Crippen molar-refractivity contribution in [3.63, 3.8) is 0 Å². The van der Waals surface area contributed by atoms with E-state index in [1.165, 1.54) is 0 Å². The average Bonchev–Trinajstić information content (AvgIpc) is 2.48. The summed E-state index contributed by atoms with van der Waals surface area (Å²) in [5.74, 6) is -0.0247. The maximum absolute atomic E-state index is 11.9. The topological polar surface area (TPSA) is 55.1 Å². The lowest BCUT2D eigenvalue weighted by atomic mass is 10.0. The highest BCUT2D eigenvalue weighted by molar-refractivity contribution is 9.10. The fourth-order valence-corrected chi connectivity index (χ4v) is 2.31. The molecule has 0 fully saturated rings. The molecular weight excluding hydrogens is 316 g/mol. The molecule has 2 rings (SSSR count). The van der Waals surface area contributed by atoms with Gasteiger partial charge in [0.2, 0.25) is 5.91 Å². The molecule has 1 amide bonds. The van der Waals surface area contributed by atoms with Gasteiger partial charge in [-0.1, -0.05) is 42.5 Å². The largest absolute Gasteiger partial charge is 0.325 e. The van der Waals surface area contributed by atoms with Gasteiger partial charge in [-0.15, -0.1) is 0 Å². The predicted octanol–water partition coefficient (Wildman–Crippen LogP) is 3.87. The molecule has 0 saturated heterocycles. The van der Waals surface area contributed by atoms with Gasteiger partial charge >= 0.3 is 0 Å². The van der Waals surface area contributed by atoms with E-state index in [1.54, 1.807) is 0 Å². The Bertz CT molecular complexity index is 572. The zero-order valence-corrected chi connectivity index (χ0v) is 12.6. The van der Waals surface area contributed by atoms with Gasteiger partial charge in [0.05, 0.1) is 5.69 Å². The molecule has 2 aromatic carbocycles. The van der Waals surface area contributed by atoms with E-state index in [0.717, 1.165) is 15.7 Å². The van der Waals surface area contributed by atoms with E-state index in [1.807, 2.05) is 54.6 Å². The molecule has 0 heterocycles. The maximum Gasteiger partial charge on any atom is 0.224 e. The van der Waals surface area contributed by atoms with Gasteiger partial charge in [-0.3, -0.25) is 4.79 Å². The van der Waals surface area contributed by atoms with Crippen LogP contribution in [-0.4, -0.2) is 5.91 Å². The Morgan fingerprint density at radius 1 is 1.10 bits per heavy atom. The van der Waals surface area contributed by atoms with Crippen LogP contribution in [0.4, 0.5) is 5.69 Å². The van der Waals surface area contributed by atoms with Crippen molar-refractivity contribution in [3.05, 3.63) is 64.6 Å². The quantitative estimate of drug-likeness (QED) is 0.873. The van der Waals surface area contributed by atoms with E-state index in [0.29, 0.717) is 12.8 Å². The molecule has 0 aliphatic heterocycles. The molecule has 1 atom stereocenters. The molecule has 20 heavy (non-hydrogen) atoms. The van der Waals surface area contributed by atoms with E-state index < -0.39 is 0 Å². The van der Waals surface area contributed by atoms with E-state index >= 15 is 0 Å². The number of halogens is 1. The van der Waals surface area contributed by atoms with E-state index in [2.05, 4.69) is 21.2 Å². The summed E-state index contributed by atoms with van der Waals surface area (Å²) in [6.07, 6.45) is 1.03. The van der Waals surface area contributed by atoms with Crippen molar-refractivity contribution in [3.8, 4) is 0 Å². The zero-order chi connectivity index (χ0) is 14.4. The highest BCUT2D eigenvalue weighted by Gasteiger charge is 2.10. The van der Waals surface area contributed by atoms with Gasteiger partial charge < -0.3 is 11.1 Å². The highest BCUT2D eigenvalue weighted by atomic mass is 79.9. The van der Waals surface area contributed by atoms with E-state index in [4.69, 9.17) is 5.73 Å². The van der Waals surface area contributed by atoms with Crippen molar-refractivity contribution in [2.45, 2.75) is 18.9 Å². The fourth-order valence-electron chi connectivity index (χ4n) is 1.93. The first-order valence-corrected chi connectivity index (χ1v) is 7.31. The van der Waals surface area contributed by atoms with Crippen LogP contribution in [0.15, 0.2) is 59.1 Å². The van der Waals surface area contributed by atoms with Crippen molar-refractivity contribution in [2.24, 2.45) is 5.73 Å². The molecule has 0 saturated carbocycles. The third kappa shape index (κ3) is 4.18. The van der Waals surface area contributed by atoms with Crippen LogP contribution in [-0.2, 0) is 4.79 Å². The monoisotopic (exact) mass is 332 g/mol. The number of carbonyl (C=O) groups is 1. The van der Waals surface area contributed by atoms with Crippen LogP contribution in [0.1, 0.15) is 24.4 Å². The summed E-state index contributed by atoms with van der Waals surface area (Å²) in [5.41, 5.74) is 7.92. The number of benzene rings is 2. The number of anilines is 1. The normalized spacial score (nSPS) is 11.9. The summed E-state index contributed by atoms with van der Waals surface area (Å²) in [5, 5.41) is 2.88. The summed E-state index contributed by atoms with van der Waals surface area (Å²) < 4.78 is 0.876. The van der Waals surface area contributed by atoms with Gasteiger partial charge in [-0.05, 0) is 40.0 Å². The minimum atomic E-state index is -0.110. The molecule has 0 aliphatic rings. The summed E-state index contributed by atoms with van der Waals surface area (Å²) in [6.45, 7) is 0. The second-order valence-corrected chi connectivity index (χ2v) is 5.44. The molecule has 104 valence electrons. The minimum Gasteiger partial charge on any atom is -0.325 e. The first kappa shape index (κ1) is 14.8. The highest BCUT2D eigenvalue weighted by Crippen LogP contribution is 2.22. The Labute approximate surface area is 127 Å². The van der Waals surface area contributed by atoms with E-state index in [-0.39, 0.29) is 11.9 Å². The molecule has 3 N–H and O–H groups in total. The Hall–Kier alpha value is -1.65. The summed E-state index contributed by atoms with van der Waals surface area (Å²) in [4.78, 5) is 11.9. The predicted molar refractivity (Wildman–Crippen MR) is 85.4 cm³/mol. The lowest BCUT2D eigenvalue weighted by Crippen LogP contribution is -2.16. The van der Waals surface area contributed by atoms with E-state index in [9.17, 15) is 4.79 Å². The number of para-hydroxylation sites is 1. The molecule has 4 heteroatoms. The molecule has 3 nitrogen and oxygen atoms in total. The number of hydrogen-bond donors (Lipinski definition) is 2. The molecule has 1 unspecified atom stereocenters. The van der Waals surface area contributed by atoms with Gasteiger partial charge in [0.1, 0.15) is 0 Å². The third-order valence-electron chi connectivity index (χ3n) is 3.06. The number of hydrogen-bond acceptors (Lipinski definition) is 2. The summed E-state index contributed by atoms with van der Waals surface area (Å²) in [6, 6.07) is 17.3. The molecular formula is C16H17BrN2O. The van der Waals surface area contributed by atoms with Crippen LogP contribution >= 0.6 is 15.9 Å². The Kier molecular flexibility index (Phi) is 5.32. The molecule has 0 bridgehead atoms. The lowest BCUT2D eigenvalue weighted by Gasteiger charge is -2.12. The third-order valence-corrected chi connectivity index (χ3v) is 3.75. The van der Waals surface area contributed by atoms with Crippen LogP contribution in [0.25, 0.3) is 0 Å². The van der Waals surface area contributed by atoms with Gasteiger partial charge in [0.25, 0.3) is 0 Å². The first-order valence-electron chi connectivity index (χ1n) is 6.51. The maximum atomic E-state index is 11.9. The first-order chi connectivity index (χ1) is 9.66. The number of rotatable bonds is 5. The van der Waals surface area contributed by atoms with Gasteiger partial charge in [0, 0.05) is 16.9 Å². The molecule has 0 aromatic heterocycles. The minimum absolute atomic E-state index is 0.0247. The average molecular weight is 333 g/mol. The second kappa shape index (κ2) is 7.22. The summed E-state index contributed by atoms with van der Waals surface area (Å²) in [7, 11) is 0. The molecule has 0 radical (unpaired) electrons. The molecule has 2 aromatic rings. The molecule has 0 aliphatic carbocycles. The number of nitrogens with one attached hydrogen (secondary N) is 1. The van der Waals surface area contributed by atoms with Crippen molar-refractivity contribution in [1.29, 1.82) is 0 Å². The second-order valence-electron chi connectivity index (χ2n) is 4.58. The van der Waals surface area contributed by atoms with Crippen LogP contribution in [0.2, 0.25) is 0 Å². The van der Waals surface area contributed by atoms with Crippen molar-refractivity contribution in [2.75, 3.05) is 5.32 Å². The van der Waals surface area contributed by atoms with Gasteiger partial charge in [0.15, 0.2) is 0 Å². The Morgan fingerprint density at radius 2 is 1.75 bits per heavy atom. The smallest absolute Gasteiger partial charge is 0.224 e. The van der Waals surface area contributed by atoms with Crippen LogP contribution in [0, 0.1) is 0 Å². The number of nitrogens with two attached hydrogens (primary N) is 1. The number of amides is 1. The van der Waals surface area contributed by atoms with Gasteiger partial charge in [-0.25, -0.2) is 0 Å². The van der Waals surface area contributed by atoms with Gasteiger partial charge in [-0.2, -0.15) is 0 Å². The SMILES string of the molecule is NC(CCC(=O)Nc1ccccc1Br)c1ccccc1. The standard InChI is InChI=1S/C16H17BrN2O/c17-13-8-4-5-9-15(13)19-16(20)11-10-14(18)12-6-2-1-3-7-12/h1-9,14H,10-11,18H2,(H,19,20). The summed E-state index contributed by atoms with van der Waals surface area (Å²) >= 11 is 3.40. The number of carbonyl (C=O) groups excluding carboxylic acids is 1.